The Labute approximate surface area is 118 Å². The van der Waals surface area contributed by atoms with Crippen molar-refractivity contribution in [1.29, 1.82) is 0 Å². The second kappa shape index (κ2) is 7.60. The molecule has 0 amide bonds. The van der Waals surface area contributed by atoms with Crippen LogP contribution in [-0.2, 0) is 14.6 Å². The van der Waals surface area contributed by atoms with E-state index < -0.39 is 9.84 Å². The number of ether oxygens (including phenoxy) is 1. The summed E-state index contributed by atoms with van der Waals surface area (Å²) in [5, 5.41) is 3.36. The zero-order chi connectivity index (χ0) is 14.4. The maximum atomic E-state index is 11.2. The zero-order valence-electron chi connectivity index (χ0n) is 12.6. The summed E-state index contributed by atoms with van der Waals surface area (Å²) in [7, 11) is -0.901. The summed E-state index contributed by atoms with van der Waals surface area (Å²) in [6, 6.07) is 0.259. The van der Waals surface area contributed by atoms with E-state index in [1.807, 2.05) is 14.0 Å². The number of hydrogen-bond donors (Lipinski definition) is 1. The van der Waals surface area contributed by atoms with Crippen molar-refractivity contribution < 1.29 is 13.2 Å². The number of sulfone groups is 1. The summed E-state index contributed by atoms with van der Waals surface area (Å²) >= 11 is 0. The lowest BCUT2D eigenvalue weighted by Gasteiger charge is -2.43. The lowest BCUT2D eigenvalue weighted by Crippen LogP contribution is -2.52. The van der Waals surface area contributed by atoms with E-state index in [4.69, 9.17) is 4.74 Å². The van der Waals surface area contributed by atoms with Crippen molar-refractivity contribution in [2.24, 2.45) is 0 Å². The first-order chi connectivity index (χ1) is 8.93. The van der Waals surface area contributed by atoms with Crippen LogP contribution in [0.5, 0.6) is 0 Å². The lowest BCUT2D eigenvalue weighted by molar-refractivity contribution is -0.0901. The standard InChI is InChI=1S/C14H29NO3S/c1-4-18-14(10-6-5-7-11-14)13(15-2)9-8-12-19(3,16)17/h13,15H,4-12H2,1-3H3. The molecule has 1 fully saturated rings. The maximum Gasteiger partial charge on any atom is 0.147 e. The Bertz CT molecular complexity index is 342. The van der Waals surface area contributed by atoms with Gasteiger partial charge in [-0.25, -0.2) is 8.42 Å². The minimum atomic E-state index is -2.86. The molecule has 4 nitrogen and oxygen atoms in total. The molecule has 0 saturated heterocycles. The first-order valence-corrected chi connectivity index (χ1v) is 9.48. The van der Waals surface area contributed by atoms with Gasteiger partial charge in [0.15, 0.2) is 0 Å². The van der Waals surface area contributed by atoms with Gasteiger partial charge in [0.2, 0.25) is 0 Å². The molecule has 1 aliphatic rings. The van der Waals surface area contributed by atoms with Crippen LogP contribution in [0.1, 0.15) is 51.9 Å². The summed E-state index contributed by atoms with van der Waals surface area (Å²) in [6.45, 7) is 2.77. The quantitative estimate of drug-likeness (QED) is 0.744. The Morgan fingerprint density at radius 3 is 2.37 bits per heavy atom. The van der Waals surface area contributed by atoms with Crippen LogP contribution in [0.3, 0.4) is 0 Å². The van der Waals surface area contributed by atoms with Crippen LogP contribution >= 0.6 is 0 Å². The molecule has 114 valence electrons. The third-order valence-corrected chi connectivity index (χ3v) is 5.15. The highest BCUT2D eigenvalue weighted by Crippen LogP contribution is 2.36. The van der Waals surface area contributed by atoms with Gasteiger partial charge in [-0.1, -0.05) is 19.3 Å². The van der Waals surface area contributed by atoms with Crippen molar-refractivity contribution >= 4 is 9.84 Å². The second-order valence-corrected chi connectivity index (χ2v) is 7.93. The van der Waals surface area contributed by atoms with Crippen molar-refractivity contribution in [3.63, 3.8) is 0 Å². The van der Waals surface area contributed by atoms with Gasteiger partial charge < -0.3 is 10.1 Å². The van der Waals surface area contributed by atoms with Crippen LogP contribution in [0.4, 0.5) is 0 Å². The molecule has 0 aromatic heterocycles. The summed E-state index contributed by atoms with van der Waals surface area (Å²) < 4.78 is 28.6. The van der Waals surface area contributed by atoms with Gasteiger partial charge in [-0.3, -0.25) is 0 Å². The molecule has 1 saturated carbocycles. The van der Waals surface area contributed by atoms with Gasteiger partial charge >= 0.3 is 0 Å². The highest BCUT2D eigenvalue weighted by Gasteiger charge is 2.39. The molecule has 0 aromatic rings. The second-order valence-electron chi connectivity index (χ2n) is 5.67. The predicted octanol–water partition coefficient (Wildman–Crippen LogP) is 2.14. The van der Waals surface area contributed by atoms with E-state index >= 15 is 0 Å². The van der Waals surface area contributed by atoms with Crippen LogP contribution in [0.2, 0.25) is 0 Å². The third kappa shape index (κ3) is 5.40. The zero-order valence-corrected chi connectivity index (χ0v) is 13.4. The summed E-state index contributed by atoms with van der Waals surface area (Å²) in [5.74, 6) is 0.271. The summed E-state index contributed by atoms with van der Waals surface area (Å²) in [5.41, 5.74) is -0.0841. The fraction of sp³-hybridized carbons (Fsp3) is 1.00. The predicted molar refractivity (Wildman–Crippen MR) is 79.2 cm³/mol. The average Bonchev–Trinajstić information content (AvgIpc) is 2.35. The largest absolute Gasteiger partial charge is 0.374 e. The van der Waals surface area contributed by atoms with E-state index in [2.05, 4.69) is 5.32 Å². The summed E-state index contributed by atoms with van der Waals surface area (Å²) in [4.78, 5) is 0. The van der Waals surface area contributed by atoms with Crippen LogP contribution in [0.15, 0.2) is 0 Å². The third-order valence-electron chi connectivity index (χ3n) is 4.12. The van der Waals surface area contributed by atoms with E-state index in [1.54, 1.807) is 0 Å². The highest BCUT2D eigenvalue weighted by atomic mass is 32.2. The maximum absolute atomic E-state index is 11.2. The topological polar surface area (TPSA) is 55.4 Å². The SMILES string of the molecule is CCOC1(C(CCCS(C)(=O)=O)NC)CCCCC1. The molecule has 5 heteroatoms. The van der Waals surface area contributed by atoms with Crippen molar-refractivity contribution in [2.45, 2.75) is 63.5 Å². The van der Waals surface area contributed by atoms with Crippen molar-refractivity contribution in [2.75, 3.05) is 25.7 Å². The highest BCUT2D eigenvalue weighted by molar-refractivity contribution is 7.90. The fourth-order valence-corrected chi connectivity index (χ4v) is 3.94. The Hall–Kier alpha value is -0.130. The van der Waals surface area contributed by atoms with Crippen molar-refractivity contribution in [1.82, 2.24) is 5.32 Å². The molecule has 0 aliphatic heterocycles. The van der Waals surface area contributed by atoms with Gasteiger partial charge in [0.25, 0.3) is 0 Å². The number of rotatable bonds is 8. The molecular weight excluding hydrogens is 262 g/mol. The molecule has 0 aromatic carbocycles. The minimum Gasteiger partial charge on any atom is -0.374 e. The van der Waals surface area contributed by atoms with Crippen LogP contribution in [0.25, 0.3) is 0 Å². The van der Waals surface area contributed by atoms with Crippen molar-refractivity contribution in [3.8, 4) is 0 Å². The van der Waals surface area contributed by atoms with E-state index in [0.29, 0.717) is 6.42 Å². The number of likely N-dealkylation sites (N-methyl/N-ethyl adjacent to an activating group) is 1. The molecule has 1 atom stereocenters. The van der Waals surface area contributed by atoms with Gasteiger partial charge in [-0.2, -0.15) is 0 Å². The smallest absolute Gasteiger partial charge is 0.147 e. The molecule has 1 aliphatic carbocycles. The number of hydrogen-bond acceptors (Lipinski definition) is 4. The molecule has 1 N–H and O–H groups in total. The normalized spacial score (nSPS) is 21.2. The monoisotopic (exact) mass is 291 g/mol. The molecule has 0 bridgehead atoms. The minimum absolute atomic E-state index is 0.0841. The van der Waals surface area contributed by atoms with E-state index in [1.165, 1.54) is 25.5 Å². The van der Waals surface area contributed by atoms with Crippen LogP contribution in [-0.4, -0.2) is 45.7 Å². The first kappa shape index (κ1) is 16.9. The molecule has 0 heterocycles. The molecule has 0 spiro atoms. The molecule has 19 heavy (non-hydrogen) atoms. The molecular formula is C14H29NO3S. The Morgan fingerprint density at radius 2 is 1.89 bits per heavy atom. The molecule has 1 unspecified atom stereocenters. The molecule has 1 rings (SSSR count). The Kier molecular flexibility index (Phi) is 6.77. The average molecular weight is 291 g/mol. The Balaban J connectivity index is 2.62. The lowest BCUT2D eigenvalue weighted by atomic mass is 9.77. The van der Waals surface area contributed by atoms with E-state index in [0.717, 1.165) is 25.9 Å². The first-order valence-electron chi connectivity index (χ1n) is 7.42. The van der Waals surface area contributed by atoms with Crippen LogP contribution in [0, 0.1) is 0 Å². The summed E-state index contributed by atoms with van der Waals surface area (Å²) in [6.07, 6.45) is 8.77. The van der Waals surface area contributed by atoms with E-state index in [-0.39, 0.29) is 17.4 Å². The van der Waals surface area contributed by atoms with Crippen LogP contribution < -0.4 is 5.32 Å². The van der Waals surface area contributed by atoms with Gasteiger partial charge in [0.05, 0.1) is 5.60 Å². The van der Waals surface area contributed by atoms with Gasteiger partial charge in [-0.15, -0.1) is 0 Å². The van der Waals surface area contributed by atoms with Gasteiger partial charge in [0.1, 0.15) is 9.84 Å². The molecule has 0 radical (unpaired) electrons. The fourth-order valence-electron chi connectivity index (χ4n) is 3.25. The van der Waals surface area contributed by atoms with Gasteiger partial charge in [0, 0.05) is 24.7 Å². The van der Waals surface area contributed by atoms with Gasteiger partial charge in [-0.05, 0) is 39.7 Å². The Morgan fingerprint density at radius 1 is 1.26 bits per heavy atom. The van der Waals surface area contributed by atoms with E-state index in [9.17, 15) is 8.42 Å². The number of nitrogens with one attached hydrogen (secondary N) is 1. The van der Waals surface area contributed by atoms with Crippen molar-refractivity contribution in [3.05, 3.63) is 0 Å².